The highest BCUT2D eigenvalue weighted by atomic mass is 32.2. The Balaban J connectivity index is 1.63. The van der Waals surface area contributed by atoms with Crippen LogP contribution in [0.4, 0.5) is 10.5 Å². The van der Waals surface area contributed by atoms with Crippen LogP contribution in [-0.2, 0) is 14.6 Å². The number of carbonyl (C=O) groups excluding carboxylic acids is 2. The van der Waals surface area contributed by atoms with Crippen molar-refractivity contribution in [2.45, 2.75) is 30.0 Å². The summed E-state index contributed by atoms with van der Waals surface area (Å²) in [6, 6.07) is 10.1. The van der Waals surface area contributed by atoms with Gasteiger partial charge in [-0.05, 0) is 31.0 Å². The van der Waals surface area contributed by atoms with Crippen molar-refractivity contribution >= 4 is 27.5 Å². The molecule has 2 heterocycles. The molecule has 0 saturated carbocycles. The van der Waals surface area contributed by atoms with E-state index >= 15 is 0 Å². The van der Waals surface area contributed by atoms with Gasteiger partial charge in [-0.1, -0.05) is 18.2 Å². The zero-order valence-electron chi connectivity index (χ0n) is 18.8. The third-order valence-electron chi connectivity index (χ3n) is 6.04. The zero-order chi connectivity index (χ0) is 24.5. The van der Waals surface area contributed by atoms with Crippen LogP contribution < -0.4 is 14.4 Å². The first-order valence-corrected chi connectivity index (χ1v) is 12.4. The summed E-state index contributed by atoms with van der Waals surface area (Å²) in [5.74, 6) is -0.226. The second-order valence-corrected chi connectivity index (χ2v) is 10.1. The molecule has 10 nitrogen and oxygen atoms in total. The summed E-state index contributed by atoms with van der Waals surface area (Å²) >= 11 is 0. The van der Waals surface area contributed by atoms with Crippen LogP contribution in [0.25, 0.3) is 0 Å². The highest BCUT2D eigenvalue weighted by molar-refractivity contribution is 7.91. The molecule has 2 aliphatic heterocycles. The number of methoxy groups -OCH3 is 2. The van der Waals surface area contributed by atoms with Gasteiger partial charge in [0.15, 0.2) is 27.6 Å². The largest absolute Gasteiger partial charge is 0.493 e. The summed E-state index contributed by atoms with van der Waals surface area (Å²) < 4.78 is 40.9. The van der Waals surface area contributed by atoms with E-state index in [0.29, 0.717) is 25.1 Å². The average Bonchev–Trinajstić information content (AvgIpc) is 3.31. The molecular formula is C23H26N2O8S. The number of carbonyl (C=O) groups is 2. The van der Waals surface area contributed by atoms with E-state index in [4.69, 9.17) is 14.2 Å². The Morgan fingerprint density at radius 2 is 1.79 bits per heavy atom. The molecule has 1 fully saturated rings. The number of benzene rings is 2. The van der Waals surface area contributed by atoms with Gasteiger partial charge in [0.2, 0.25) is 0 Å². The SMILES string of the molecule is COc1cc2c(cc1OC)N(C(=O)OCCS(=O)(=O)c1ccccc1)C(O)[C@@H]1CCCN1C2=O. The molecule has 0 aromatic heterocycles. The Morgan fingerprint density at radius 3 is 2.47 bits per heavy atom. The summed E-state index contributed by atoms with van der Waals surface area (Å²) in [7, 11) is -0.828. The average molecular weight is 491 g/mol. The van der Waals surface area contributed by atoms with Crippen LogP contribution in [0.1, 0.15) is 23.2 Å². The van der Waals surface area contributed by atoms with E-state index in [0.717, 1.165) is 4.90 Å². The molecule has 4 rings (SSSR count). The van der Waals surface area contributed by atoms with Gasteiger partial charge in [-0.2, -0.15) is 0 Å². The van der Waals surface area contributed by atoms with Crippen molar-refractivity contribution in [3.63, 3.8) is 0 Å². The third-order valence-corrected chi connectivity index (χ3v) is 7.73. The van der Waals surface area contributed by atoms with E-state index in [1.807, 2.05) is 0 Å². The maximum Gasteiger partial charge on any atom is 0.416 e. The normalized spacial score (nSPS) is 19.8. The molecule has 1 unspecified atom stereocenters. The first kappa shape index (κ1) is 23.8. The molecule has 34 heavy (non-hydrogen) atoms. The molecule has 2 aromatic carbocycles. The van der Waals surface area contributed by atoms with E-state index in [1.54, 1.807) is 18.2 Å². The number of fused-ring (bicyclic) bond motifs is 2. The molecule has 2 atom stereocenters. The molecule has 0 bridgehead atoms. The van der Waals surface area contributed by atoms with Crippen LogP contribution in [0.15, 0.2) is 47.4 Å². The van der Waals surface area contributed by atoms with Crippen LogP contribution in [0, 0.1) is 0 Å². The van der Waals surface area contributed by atoms with Crippen molar-refractivity contribution in [2.24, 2.45) is 0 Å². The molecule has 0 aliphatic carbocycles. The van der Waals surface area contributed by atoms with E-state index in [-0.39, 0.29) is 27.8 Å². The minimum atomic E-state index is -3.67. The maximum absolute atomic E-state index is 13.3. The lowest BCUT2D eigenvalue weighted by Crippen LogP contribution is -2.51. The van der Waals surface area contributed by atoms with Crippen LogP contribution in [-0.4, -0.2) is 75.8 Å². The topological polar surface area (TPSA) is 123 Å². The third kappa shape index (κ3) is 4.28. The quantitative estimate of drug-likeness (QED) is 0.653. The van der Waals surface area contributed by atoms with Crippen molar-refractivity contribution in [3.8, 4) is 11.5 Å². The first-order valence-electron chi connectivity index (χ1n) is 10.8. The lowest BCUT2D eigenvalue weighted by atomic mass is 10.1. The number of hydrogen-bond donors (Lipinski definition) is 1. The smallest absolute Gasteiger partial charge is 0.416 e. The zero-order valence-corrected chi connectivity index (χ0v) is 19.7. The summed E-state index contributed by atoms with van der Waals surface area (Å²) in [5.41, 5.74) is 0.246. The number of ether oxygens (including phenoxy) is 3. The van der Waals surface area contributed by atoms with Gasteiger partial charge < -0.3 is 24.2 Å². The van der Waals surface area contributed by atoms with Crippen LogP contribution in [0.2, 0.25) is 0 Å². The van der Waals surface area contributed by atoms with E-state index in [2.05, 4.69) is 0 Å². The van der Waals surface area contributed by atoms with Crippen LogP contribution in [0.5, 0.6) is 11.5 Å². The fraction of sp³-hybridized carbons (Fsp3) is 0.391. The number of aliphatic hydroxyl groups excluding tert-OH is 1. The molecule has 0 spiro atoms. The van der Waals surface area contributed by atoms with Gasteiger partial charge in [0.1, 0.15) is 6.61 Å². The second kappa shape index (κ2) is 9.51. The minimum absolute atomic E-state index is 0.0977. The van der Waals surface area contributed by atoms with Gasteiger partial charge in [0, 0.05) is 12.6 Å². The number of aliphatic hydroxyl groups is 1. The fourth-order valence-corrected chi connectivity index (χ4v) is 5.43. The van der Waals surface area contributed by atoms with Crippen molar-refractivity contribution in [1.29, 1.82) is 0 Å². The predicted molar refractivity (Wildman–Crippen MR) is 122 cm³/mol. The van der Waals surface area contributed by atoms with Crippen LogP contribution in [0.3, 0.4) is 0 Å². The van der Waals surface area contributed by atoms with Gasteiger partial charge >= 0.3 is 6.09 Å². The molecule has 2 amide bonds. The molecule has 2 aromatic rings. The van der Waals surface area contributed by atoms with Crippen molar-refractivity contribution in [1.82, 2.24) is 4.90 Å². The number of nitrogens with zero attached hydrogens (tertiary/aromatic N) is 2. The van der Waals surface area contributed by atoms with Crippen molar-refractivity contribution in [3.05, 3.63) is 48.0 Å². The number of amides is 2. The van der Waals surface area contributed by atoms with E-state index in [1.165, 1.54) is 43.4 Å². The van der Waals surface area contributed by atoms with E-state index in [9.17, 15) is 23.1 Å². The number of anilines is 1. The summed E-state index contributed by atoms with van der Waals surface area (Å²) in [6.07, 6.45) is -1.18. The van der Waals surface area contributed by atoms with Gasteiger partial charge in [-0.25, -0.2) is 18.1 Å². The Labute approximate surface area is 197 Å². The number of sulfone groups is 1. The molecule has 2 aliphatic rings. The molecule has 11 heteroatoms. The van der Waals surface area contributed by atoms with Crippen molar-refractivity contribution < 1.29 is 37.3 Å². The number of rotatable bonds is 6. The van der Waals surface area contributed by atoms with Gasteiger partial charge in [0.25, 0.3) is 5.91 Å². The standard InChI is InChI=1S/C23H26N2O8S/c1-31-19-13-16-18(14-20(19)32-2)25(22(27)17-9-6-10-24(17)21(16)26)23(28)33-11-12-34(29,30)15-7-4-3-5-8-15/h3-5,7-8,13-14,17,22,27H,6,9-12H2,1-2H3/t17-,22?/m0/s1. The molecular weight excluding hydrogens is 464 g/mol. The summed E-state index contributed by atoms with van der Waals surface area (Å²) in [6.45, 7) is 0.0107. The number of hydrogen-bond acceptors (Lipinski definition) is 8. The Bertz CT molecular complexity index is 1180. The minimum Gasteiger partial charge on any atom is -0.493 e. The Kier molecular flexibility index (Phi) is 6.67. The fourth-order valence-electron chi connectivity index (χ4n) is 4.32. The lowest BCUT2D eigenvalue weighted by Gasteiger charge is -2.31. The Hall–Kier alpha value is -3.31. The molecule has 0 radical (unpaired) electrons. The predicted octanol–water partition coefficient (Wildman–Crippen LogP) is 2.06. The molecule has 182 valence electrons. The molecule has 1 saturated heterocycles. The van der Waals surface area contributed by atoms with Crippen LogP contribution >= 0.6 is 0 Å². The van der Waals surface area contributed by atoms with Gasteiger partial charge in [-0.3, -0.25) is 4.79 Å². The van der Waals surface area contributed by atoms with Crippen molar-refractivity contribution in [2.75, 3.05) is 38.0 Å². The summed E-state index contributed by atoms with van der Waals surface area (Å²) in [4.78, 5) is 29.0. The highest BCUT2D eigenvalue weighted by Crippen LogP contribution is 2.41. The van der Waals surface area contributed by atoms with Gasteiger partial charge in [-0.15, -0.1) is 0 Å². The Morgan fingerprint density at radius 1 is 1.12 bits per heavy atom. The molecule has 1 N–H and O–H groups in total. The highest BCUT2D eigenvalue weighted by Gasteiger charge is 2.45. The summed E-state index contributed by atoms with van der Waals surface area (Å²) in [5, 5.41) is 11.1. The lowest BCUT2D eigenvalue weighted by molar-refractivity contribution is 0.0493. The van der Waals surface area contributed by atoms with E-state index < -0.39 is 40.6 Å². The van der Waals surface area contributed by atoms with Gasteiger partial charge in [0.05, 0.1) is 42.2 Å². The second-order valence-electron chi connectivity index (χ2n) is 7.96. The first-order chi connectivity index (χ1) is 16.3. The monoisotopic (exact) mass is 490 g/mol. The maximum atomic E-state index is 13.3.